The van der Waals surface area contributed by atoms with E-state index in [9.17, 15) is 9.59 Å². The van der Waals surface area contributed by atoms with Gasteiger partial charge in [-0.3, -0.25) is 0 Å². The molecule has 4 rings (SSSR count). The molecule has 1 aliphatic rings. The molecule has 0 saturated carbocycles. The van der Waals surface area contributed by atoms with Crippen molar-refractivity contribution >= 4 is 29.0 Å². The van der Waals surface area contributed by atoms with Crippen molar-refractivity contribution in [1.82, 2.24) is 0 Å². The lowest BCUT2D eigenvalue weighted by Gasteiger charge is -2.04. The van der Waals surface area contributed by atoms with Crippen molar-refractivity contribution in [1.29, 1.82) is 0 Å². The number of rotatable bonds is 3. The van der Waals surface area contributed by atoms with Gasteiger partial charge in [-0.2, -0.15) is 0 Å². The molecule has 0 bridgehead atoms. The number of ether oxygens (including phenoxy) is 1. The quantitative estimate of drug-likeness (QED) is 0.549. The summed E-state index contributed by atoms with van der Waals surface area (Å²) in [5.74, 6) is -1.31. The summed E-state index contributed by atoms with van der Waals surface area (Å²) in [7, 11) is 0. The normalized spacial score (nSPS) is 12.7. The highest BCUT2D eigenvalue weighted by Gasteiger charge is 2.21. The molecule has 0 amide bonds. The summed E-state index contributed by atoms with van der Waals surface area (Å²) >= 11 is 1.58. The molecule has 3 N–H and O–H groups in total. The van der Waals surface area contributed by atoms with E-state index in [1.54, 1.807) is 29.5 Å². The third kappa shape index (κ3) is 2.66. The Kier molecular flexibility index (Phi) is 3.54. The maximum atomic E-state index is 11.5. The summed E-state index contributed by atoms with van der Waals surface area (Å²) in [6.45, 7) is 0.313. The fraction of sp³-hybridized carbons (Fsp3) is 0.0526. The molecular formula is C19H13NO4S. The minimum absolute atomic E-state index is 0.101. The average molecular weight is 351 g/mol. The highest BCUT2D eigenvalue weighted by Crippen LogP contribution is 2.37. The summed E-state index contributed by atoms with van der Waals surface area (Å²) in [6, 6.07) is 14.6. The topological polar surface area (TPSA) is 89.6 Å². The largest absolute Gasteiger partial charge is 0.478 e. The van der Waals surface area contributed by atoms with Crippen LogP contribution in [0.2, 0.25) is 0 Å². The number of thiophene rings is 1. The standard InChI is InChI=1S/C19H13NO4S/c20-15-8-11(2-4-14(15)18(21)22)17-6-5-16(25-17)10-1-3-13-12(7-10)9-24-19(13)23/h1-8H,9,20H2,(H,21,22). The van der Waals surface area contributed by atoms with Gasteiger partial charge in [0.05, 0.1) is 11.1 Å². The van der Waals surface area contributed by atoms with Crippen molar-refractivity contribution in [3.05, 3.63) is 65.2 Å². The second kappa shape index (κ2) is 5.75. The van der Waals surface area contributed by atoms with Crippen LogP contribution >= 0.6 is 11.3 Å². The molecule has 5 nitrogen and oxygen atoms in total. The lowest BCUT2D eigenvalue weighted by molar-refractivity contribution is 0.0534. The molecule has 0 aliphatic carbocycles. The van der Waals surface area contributed by atoms with Gasteiger partial charge in [0, 0.05) is 21.0 Å². The van der Waals surface area contributed by atoms with Crippen LogP contribution in [0.15, 0.2) is 48.5 Å². The monoisotopic (exact) mass is 351 g/mol. The smallest absolute Gasteiger partial charge is 0.338 e. The number of benzene rings is 2. The summed E-state index contributed by atoms with van der Waals surface area (Å²) in [5.41, 5.74) is 9.58. The van der Waals surface area contributed by atoms with E-state index in [1.165, 1.54) is 6.07 Å². The Balaban J connectivity index is 1.68. The van der Waals surface area contributed by atoms with Gasteiger partial charge in [-0.1, -0.05) is 12.1 Å². The zero-order valence-electron chi connectivity index (χ0n) is 13.0. The number of anilines is 1. The van der Waals surface area contributed by atoms with Gasteiger partial charge in [-0.25, -0.2) is 9.59 Å². The van der Waals surface area contributed by atoms with E-state index in [0.717, 1.165) is 26.4 Å². The molecule has 2 aromatic carbocycles. The molecular weight excluding hydrogens is 338 g/mol. The van der Waals surface area contributed by atoms with Crippen molar-refractivity contribution in [2.75, 3.05) is 5.73 Å². The Morgan fingerprint density at radius 1 is 1.04 bits per heavy atom. The number of esters is 1. The van der Waals surface area contributed by atoms with Crippen molar-refractivity contribution in [3.63, 3.8) is 0 Å². The molecule has 124 valence electrons. The molecule has 0 radical (unpaired) electrons. The van der Waals surface area contributed by atoms with Crippen LogP contribution < -0.4 is 5.73 Å². The van der Waals surface area contributed by atoms with E-state index in [2.05, 4.69) is 0 Å². The van der Waals surface area contributed by atoms with Gasteiger partial charge in [0.1, 0.15) is 6.61 Å². The van der Waals surface area contributed by atoms with Crippen LogP contribution in [0.1, 0.15) is 26.3 Å². The van der Waals surface area contributed by atoms with E-state index in [4.69, 9.17) is 15.6 Å². The zero-order valence-corrected chi connectivity index (χ0v) is 13.8. The first-order valence-electron chi connectivity index (χ1n) is 7.56. The molecule has 6 heteroatoms. The Bertz CT molecular complexity index is 1020. The van der Waals surface area contributed by atoms with Crippen LogP contribution in [0.4, 0.5) is 5.69 Å². The third-order valence-corrected chi connectivity index (χ3v) is 5.32. The van der Waals surface area contributed by atoms with Crippen molar-refractivity contribution in [2.45, 2.75) is 6.61 Å². The maximum Gasteiger partial charge on any atom is 0.338 e. The number of hydrogen-bond acceptors (Lipinski definition) is 5. The number of nitrogens with two attached hydrogens (primary N) is 1. The van der Waals surface area contributed by atoms with Gasteiger partial charge in [0.2, 0.25) is 0 Å². The molecule has 0 atom stereocenters. The Morgan fingerprint density at radius 3 is 2.40 bits per heavy atom. The highest BCUT2D eigenvalue weighted by molar-refractivity contribution is 7.18. The molecule has 0 saturated heterocycles. The maximum absolute atomic E-state index is 11.5. The minimum Gasteiger partial charge on any atom is -0.478 e. The van der Waals surface area contributed by atoms with Gasteiger partial charge in [-0.05, 0) is 47.5 Å². The van der Waals surface area contributed by atoms with Crippen LogP contribution in [0, 0.1) is 0 Å². The number of hydrogen-bond donors (Lipinski definition) is 2. The number of carbonyl (C=O) groups excluding carboxylic acids is 1. The number of carboxylic acid groups (broad SMARTS) is 1. The first kappa shape index (κ1) is 15.4. The van der Waals surface area contributed by atoms with Crippen LogP contribution in [-0.4, -0.2) is 17.0 Å². The van der Waals surface area contributed by atoms with Crippen LogP contribution in [0.25, 0.3) is 20.9 Å². The van der Waals surface area contributed by atoms with E-state index in [-0.39, 0.29) is 17.2 Å². The third-order valence-electron chi connectivity index (χ3n) is 4.14. The SMILES string of the molecule is Nc1cc(-c2ccc(-c3ccc4c(c3)COC4=O)s2)ccc1C(=O)O. The van der Waals surface area contributed by atoms with E-state index < -0.39 is 5.97 Å². The summed E-state index contributed by atoms with van der Waals surface area (Å²) in [4.78, 5) is 24.6. The summed E-state index contributed by atoms with van der Waals surface area (Å²) in [6.07, 6.45) is 0. The van der Waals surface area contributed by atoms with Gasteiger partial charge >= 0.3 is 11.9 Å². The minimum atomic E-state index is -1.04. The van der Waals surface area contributed by atoms with Crippen molar-refractivity contribution in [2.24, 2.45) is 0 Å². The Morgan fingerprint density at radius 2 is 1.72 bits per heavy atom. The van der Waals surface area contributed by atoms with Gasteiger partial charge in [-0.15, -0.1) is 11.3 Å². The zero-order chi connectivity index (χ0) is 17.6. The molecule has 0 fully saturated rings. The summed E-state index contributed by atoms with van der Waals surface area (Å²) in [5, 5.41) is 9.06. The average Bonchev–Trinajstić information content (AvgIpc) is 3.22. The molecule has 3 aromatic rings. The number of carboxylic acids is 1. The molecule has 0 spiro atoms. The Labute approximate surface area is 147 Å². The number of carbonyl (C=O) groups is 2. The molecule has 25 heavy (non-hydrogen) atoms. The molecule has 1 aromatic heterocycles. The second-order valence-corrected chi connectivity index (χ2v) is 6.80. The predicted molar refractivity (Wildman–Crippen MR) is 95.7 cm³/mol. The fourth-order valence-corrected chi connectivity index (χ4v) is 3.84. The molecule has 1 aliphatic heterocycles. The Hall–Kier alpha value is -3.12. The van der Waals surface area contributed by atoms with Crippen molar-refractivity contribution < 1.29 is 19.4 Å². The van der Waals surface area contributed by atoms with Gasteiger partial charge < -0.3 is 15.6 Å². The lowest BCUT2D eigenvalue weighted by Crippen LogP contribution is -2.01. The number of cyclic esters (lactones) is 1. The number of nitrogen functional groups attached to an aromatic ring is 1. The van der Waals surface area contributed by atoms with E-state index in [0.29, 0.717) is 12.2 Å². The number of fused-ring (bicyclic) bond motifs is 1. The lowest BCUT2D eigenvalue weighted by atomic mass is 10.1. The second-order valence-electron chi connectivity index (χ2n) is 5.72. The van der Waals surface area contributed by atoms with Crippen molar-refractivity contribution in [3.8, 4) is 20.9 Å². The predicted octanol–water partition coefficient (Wildman–Crippen LogP) is 4.03. The van der Waals surface area contributed by atoms with Crippen LogP contribution in [-0.2, 0) is 11.3 Å². The highest BCUT2D eigenvalue weighted by atomic mass is 32.1. The summed E-state index contributed by atoms with van der Waals surface area (Å²) < 4.78 is 5.03. The van der Waals surface area contributed by atoms with E-state index >= 15 is 0 Å². The van der Waals surface area contributed by atoms with Gasteiger partial charge in [0.25, 0.3) is 0 Å². The first-order valence-corrected chi connectivity index (χ1v) is 8.38. The first-order chi connectivity index (χ1) is 12.0. The van der Waals surface area contributed by atoms with Gasteiger partial charge in [0.15, 0.2) is 0 Å². The fourth-order valence-electron chi connectivity index (χ4n) is 2.85. The molecule has 2 heterocycles. The van der Waals surface area contributed by atoms with Crippen LogP contribution in [0.3, 0.4) is 0 Å². The van der Waals surface area contributed by atoms with Crippen LogP contribution in [0.5, 0.6) is 0 Å². The van der Waals surface area contributed by atoms with E-state index in [1.807, 2.05) is 24.3 Å². The molecule has 0 unspecified atom stereocenters. The number of aromatic carboxylic acids is 1.